The van der Waals surface area contributed by atoms with Crippen molar-refractivity contribution in [3.05, 3.63) is 77.7 Å². The van der Waals surface area contributed by atoms with Gasteiger partial charge in [0.2, 0.25) is 0 Å². The molecule has 0 saturated carbocycles. The molecule has 1 saturated heterocycles. The summed E-state index contributed by atoms with van der Waals surface area (Å²) in [5.74, 6) is 1.08. The standard InChI is InChI=1S/C22H24N4O/c1-17-6-7-18(2)26(17)20-10-8-19(9-11-20)22(27)25-15-13-24(14-16-25)21-5-3-4-12-23-21/h3-12H,13-16H2,1-2H3. The maximum Gasteiger partial charge on any atom is 0.253 e. The minimum absolute atomic E-state index is 0.100. The molecule has 3 heterocycles. The first-order chi connectivity index (χ1) is 13.1. The zero-order valence-electron chi connectivity index (χ0n) is 15.8. The first-order valence-corrected chi connectivity index (χ1v) is 9.34. The highest BCUT2D eigenvalue weighted by atomic mass is 16.2. The van der Waals surface area contributed by atoms with Crippen LogP contribution in [-0.2, 0) is 0 Å². The predicted octanol–water partition coefficient (Wildman–Crippen LogP) is 3.45. The Hall–Kier alpha value is -3.08. The molecule has 1 aromatic carbocycles. The van der Waals surface area contributed by atoms with E-state index in [1.165, 1.54) is 11.4 Å². The number of carbonyl (C=O) groups is 1. The largest absolute Gasteiger partial charge is 0.353 e. The van der Waals surface area contributed by atoms with Crippen molar-refractivity contribution in [1.29, 1.82) is 0 Å². The molecule has 1 fully saturated rings. The number of hydrogen-bond acceptors (Lipinski definition) is 3. The smallest absolute Gasteiger partial charge is 0.253 e. The molecule has 0 bridgehead atoms. The lowest BCUT2D eigenvalue weighted by Crippen LogP contribution is -2.49. The van der Waals surface area contributed by atoms with Crippen LogP contribution in [0.15, 0.2) is 60.8 Å². The van der Waals surface area contributed by atoms with Gasteiger partial charge in [-0.05, 0) is 62.4 Å². The fraction of sp³-hybridized carbons (Fsp3) is 0.273. The first kappa shape index (κ1) is 17.3. The van der Waals surface area contributed by atoms with Gasteiger partial charge >= 0.3 is 0 Å². The van der Waals surface area contributed by atoms with E-state index >= 15 is 0 Å². The van der Waals surface area contributed by atoms with Crippen LogP contribution in [0.2, 0.25) is 0 Å². The van der Waals surface area contributed by atoms with E-state index < -0.39 is 0 Å². The molecule has 4 rings (SSSR count). The average Bonchev–Trinajstić information content (AvgIpc) is 3.06. The summed E-state index contributed by atoms with van der Waals surface area (Å²) in [5.41, 5.74) is 4.22. The molecule has 138 valence electrons. The number of nitrogens with zero attached hydrogens (tertiary/aromatic N) is 4. The normalized spacial score (nSPS) is 14.4. The summed E-state index contributed by atoms with van der Waals surface area (Å²) in [6.07, 6.45) is 1.81. The molecule has 1 aliphatic heterocycles. The lowest BCUT2D eigenvalue weighted by molar-refractivity contribution is 0.0746. The van der Waals surface area contributed by atoms with Crippen LogP contribution in [0.4, 0.5) is 5.82 Å². The van der Waals surface area contributed by atoms with Crippen molar-refractivity contribution in [3.63, 3.8) is 0 Å². The molecule has 5 nitrogen and oxygen atoms in total. The number of aryl methyl sites for hydroxylation is 2. The van der Waals surface area contributed by atoms with Gasteiger partial charge in [-0.1, -0.05) is 6.07 Å². The molecule has 0 radical (unpaired) electrons. The maximum absolute atomic E-state index is 12.9. The molecule has 0 N–H and O–H groups in total. The zero-order chi connectivity index (χ0) is 18.8. The van der Waals surface area contributed by atoms with Crippen molar-refractivity contribution in [1.82, 2.24) is 14.5 Å². The number of rotatable bonds is 3. The minimum atomic E-state index is 0.100. The second-order valence-electron chi connectivity index (χ2n) is 6.97. The quantitative estimate of drug-likeness (QED) is 0.718. The van der Waals surface area contributed by atoms with Crippen molar-refractivity contribution >= 4 is 11.7 Å². The number of carbonyl (C=O) groups excluding carboxylic acids is 1. The average molecular weight is 360 g/mol. The van der Waals surface area contributed by atoms with Crippen LogP contribution in [0.25, 0.3) is 5.69 Å². The Morgan fingerprint density at radius 3 is 2.11 bits per heavy atom. The van der Waals surface area contributed by atoms with Gasteiger partial charge in [-0.15, -0.1) is 0 Å². The number of amides is 1. The predicted molar refractivity (Wildman–Crippen MR) is 108 cm³/mol. The molecule has 3 aromatic rings. The molecule has 27 heavy (non-hydrogen) atoms. The number of anilines is 1. The summed E-state index contributed by atoms with van der Waals surface area (Å²) in [6, 6.07) is 18.1. The van der Waals surface area contributed by atoms with Gasteiger partial charge in [0.1, 0.15) is 5.82 Å². The molecule has 5 heteroatoms. The summed E-state index contributed by atoms with van der Waals surface area (Å²) in [4.78, 5) is 21.4. The van der Waals surface area contributed by atoms with E-state index in [2.05, 4.69) is 40.4 Å². The van der Waals surface area contributed by atoms with Crippen LogP contribution in [-0.4, -0.2) is 46.5 Å². The zero-order valence-corrected chi connectivity index (χ0v) is 15.8. The van der Waals surface area contributed by atoms with Crippen LogP contribution >= 0.6 is 0 Å². The molecule has 0 unspecified atom stereocenters. The Balaban J connectivity index is 1.43. The highest BCUT2D eigenvalue weighted by Crippen LogP contribution is 2.19. The Morgan fingerprint density at radius 2 is 1.52 bits per heavy atom. The summed E-state index contributed by atoms with van der Waals surface area (Å²) in [7, 11) is 0. The van der Waals surface area contributed by atoms with Crippen LogP contribution < -0.4 is 4.90 Å². The molecule has 0 spiro atoms. The number of benzene rings is 1. The fourth-order valence-corrected chi connectivity index (χ4v) is 3.69. The Bertz CT molecular complexity index is 903. The number of aromatic nitrogens is 2. The van der Waals surface area contributed by atoms with Crippen LogP contribution in [0.1, 0.15) is 21.7 Å². The van der Waals surface area contributed by atoms with Crippen molar-refractivity contribution in [2.24, 2.45) is 0 Å². The SMILES string of the molecule is Cc1ccc(C)n1-c1ccc(C(=O)N2CCN(c3ccccn3)CC2)cc1. The summed E-state index contributed by atoms with van der Waals surface area (Å²) >= 11 is 0. The molecule has 2 aromatic heterocycles. The Morgan fingerprint density at radius 1 is 0.852 bits per heavy atom. The molecule has 0 aliphatic carbocycles. The summed E-state index contributed by atoms with van der Waals surface area (Å²) < 4.78 is 2.19. The number of pyridine rings is 1. The van der Waals surface area contributed by atoms with Crippen molar-refractivity contribution in [2.45, 2.75) is 13.8 Å². The molecular weight excluding hydrogens is 336 g/mol. The van der Waals surface area contributed by atoms with Gasteiger partial charge in [-0.25, -0.2) is 4.98 Å². The van der Waals surface area contributed by atoms with Gasteiger partial charge in [0.05, 0.1) is 0 Å². The number of hydrogen-bond donors (Lipinski definition) is 0. The molecule has 1 aliphatic rings. The Labute approximate surface area is 159 Å². The second kappa shape index (κ2) is 7.27. The molecular formula is C22H24N4O. The first-order valence-electron chi connectivity index (χ1n) is 9.34. The van der Waals surface area contributed by atoms with E-state index in [1.54, 1.807) is 0 Å². The van der Waals surface area contributed by atoms with Gasteiger partial charge in [0.15, 0.2) is 0 Å². The van der Waals surface area contributed by atoms with E-state index in [0.29, 0.717) is 13.1 Å². The van der Waals surface area contributed by atoms with Crippen LogP contribution in [0.5, 0.6) is 0 Å². The van der Waals surface area contributed by atoms with Crippen molar-refractivity contribution in [3.8, 4) is 5.69 Å². The second-order valence-corrected chi connectivity index (χ2v) is 6.97. The third-order valence-electron chi connectivity index (χ3n) is 5.18. The third-order valence-corrected chi connectivity index (χ3v) is 5.18. The lowest BCUT2D eigenvalue weighted by Gasteiger charge is -2.35. The third kappa shape index (κ3) is 3.45. The van der Waals surface area contributed by atoms with E-state index in [4.69, 9.17) is 0 Å². The molecule has 1 amide bonds. The highest BCUT2D eigenvalue weighted by Gasteiger charge is 2.22. The lowest BCUT2D eigenvalue weighted by atomic mass is 10.1. The highest BCUT2D eigenvalue weighted by molar-refractivity contribution is 5.94. The van der Waals surface area contributed by atoms with Crippen molar-refractivity contribution < 1.29 is 4.79 Å². The van der Waals surface area contributed by atoms with E-state index in [-0.39, 0.29) is 5.91 Å². The van der Waals surface area contributed by atoms with Crippen LogP contribution in [0, 0.1) is 13.8 Å². The minimum Gasteiger partial charge on any atom is -0.353 e. The van der Waals surface area contributed by atoms with Gasteiger partial charge in [0.25, 0.3) is 5.91 Å². The van der Waals surface area contributed by atoms with Gasteiger partial charge in [-0.2, -0.15) is 0 Å². The number of piperazine rings is 1. The summed E-state index contributed by atoms with van der Waals surface area (Å²) in [5, 5.41) is 0. The molecule has 0 atom stereocenters. The van der Waals surface area contributed by atoms with Gasteiger partial charge in [0, 0.05) is 55.0 Å². The van der Waals surface area contributed by atoms with E-state index in [0.717, 1.165) is 30.2 Å². The fourth-order valence-electron chi connectivity index (χ4n) is 3.69. The summed E-state index contributed by atoms with van der Waals surface area (Å²) in [6.45, 7) is 7.23. The topological polar surface area (TPSA) is 41.4 Å². The van der Waals surface area contributed by atoms with Gasteiger partial charge in [-0.3, -0.25) is 4.79 Å². The maximum atomic E-state index is 12.9. The van der Waals surface area contributed by atoms with Crippen molar-refractivity contribution in [2.75, 3.05) is 31.1 Å². The van der Waals surface area contributed by atoms with E-state index in [9.17, 15) is 4.79 Å². The van der Waals surface area contributed by atoms with Gasteiger partial charge < -0.3 is 14.4 Å². The van der Waals surface area contributed by atoms with Crippen LogP contribution in [0.3, 0.4) is 0 Å². The monoisotopic (exact) mass is 360 g/mol. The van der Waals surface area contributed by atoms with E-state index in [1.807, 2.05) is 53.6 Å². The Kier molecular flexibility index (Phi) is 4.67.